The smallest absolute Gasteiger partial charge is 0.203 e. The molecule has 0 atom stereocenters. The summed E-state index contributed by atoms with van der Waals surface area (Å²) in [5.41, 5.74) is 3.07. The second-order valence-corrected chi connectivity index (χ2v) is 7.95. The molecular formula is C25H16O4S. The predicted molar refractivity (Wildman–Crippen MR) is 118 cm³/mol. The van der Waals surface area contributed by atoms with Crippen LogP contribution in [0.3, 0.4) is 0 Å². The van der Waals surface area contributed by atoms with Crippen LogP contribution in [0, 0.1) is 0 Å². The van der Waals surface area contributed by atoms with Gasteiger partial charge in [-0.2, -0.15) is 0 Å². The molecule has 5 aromatic rings. The molecule has 0 unspecified atom stereocenters. The minimum atomic E-state index is -0.0564. The standard InChI is InChI=1S/C25H16O4S/c26-18-10-11-19-21(14-18)30-25(23(28)16-4-2-1-3-5-16)22(19)15-6-8-17(9-7-15)24-20(27)12-13-29-24/h1-14,26-27H. The number of phenols is 1. The van der Waals surface area contributed by atoms with Crippen molar-refractivity contribution in [2.75, 3.05) is 0 Å². The molecule has 0 aliphatic carbocycles. The van der Waals surface area contributed by atoms with Crippen LogP contribution in [0.4, 0.5) is 0 Å². The number of benzene rings is 3. The van der Waals surface area contributed by atoms with Gasteiger partial charge >= 0.3 is 0 Å². The molecular weight excluding hydrogens is 396 g/mol. The number of ketones is 1. The number of fused-ring (bicyclic) bond motifs is 1. The van der Waals surface area contributed by atoms with Crippen molar-refractivity contribution in [3.63, 3.8) is 0 Å². The number of aromatic hydroxyl groups is 2. The van der Waals surface area contributed by atoms with Crippen molar-refractivity contribution >= 4 is 27.2 Å². The number of hydrogen-bond acceptors (Lipinski definition) is 5. The molecule has 146 valence electrons. The van der Waals surface area contributed by atoms with Gasteiger partial charge in [-0.05, 0) is 23.8 Å². The zero-order valence-corrected chi connectivity index (χ0v) is 16.5. The summed E-state index contributed by atoms with van der Waals surface area (Å²) in [4.78, 5) is 13.9. The van der Waals surface area contributed by atoms with E-state index in [4.69, 9.17) is 4.42 Å². The van der Waals surface area contributed by atoms with E-state index >= 15 is 0 Å². The summed E-state index contributed by atoms with van der Waals surface area (Å²) in [7, 11) is 0. The van der Waals surface area contributed by atoms with Crippen molar-refractivity contribution in [3.05, 3.63) is 95.6 Å². The zero-order valence-electron chi connectivity index (χ0n) is 15.7. The normalized spacial score (nSPS) is 11.1. The maximum absolute atomic E-state index is 13.3. The summed E-state index contributed by atoms with van der Waals surface area (Å²) in [6, 6.07) is 23.3. The maximum atomic E-state index is 13.3. The van der Waals surface area contributed by atoms with Crippen LogP contribution in [0.25, 0.3) is 32.5 Å². The van der Waals surface area contributed by atoms with Gasteiger partial charge in [0.15, 0.2) is 11.5 Å². The summed E-state index contributed by atoms with van der Waals surface area (Å²) in [6.45, 7) is 0. The Morgan fingerprint density at radius 3 is 2.27 bits per heavy atom. The average Bonchev–Trinajstić information content (AvgIpc) is 3.37. The minimum absolute atomic E-state index is 0.0564. The number of thiophene rings is 1. The Balaban J connectivity index is 1.68. The first-order chi connectivity index (χ1) is 14.6. The summed E-state index contributed by atoms with van der Waals surface area (Å²) < 4.78 is 6.20. The van der Waals surface area contributed by atoms with E-state index in [0.717, 1.165) is 26.8 Å². The molecule has 0 aliphatic rings. The van der Waals surface area contributed by atoms with E-state index < -0.39 is 0 Å². The first kappa shape index (κ1) is 18.2. The van der Waals surface area contributed by atoms with Crippen LogP contribution in [0.1, 0.15) is 15.2 Å². The third kappa shape index (κ3) is 3.06. The summed E-state index contributed by atoms with van der Waals surface area (Å²) >= 11 is 1.37. The van der Waals surface area contributed by atoms with Gasteiger partial charge in [0.1, 0.15) is 5.75 Å². The number of furan rings is 1. The molecule has 5 heteroatoms. The molecule has 0 spiro atoms. The zero-order chi connectivity index (χ0) is 20.7. The second-order valence-electron chi connectivity index (χ2n) is 6.89. The topological polar surface area (TPSA) is 70.7 Å². The third-order valence-electron chi connectivity index (χ3n) is 5.00. The molecule has 0 radical (unpaired) electrons. The Labute approximate surface area is 176 Å². The van der Waals surface area contributed by atoms with E-state index in [1.54, 1.807) is 24.3 Å². The number of phenolic OH excluding ortho intramolecular Hbond substituents is 1. The lowest BCUT2D eigenvalue weighted by molar-refractivity contribution is 0.104. The molecule has 30 heavy (non-hydrogen) atoms. The van der Waals surface area contributed by atoms with Gasteiger partial charge in [0.05, 0.1) is 11.1 Å². The van der Waals surface area contributed by atoms with Gasteiger partial charge in [0.2, 0.25) is 5.78 Å². The highest BCUT2D eigenvalue weighted by molar-refractivity contribution is 7.21. The van der Waals surface area contributed by atoms with Crippen molar-refractivity contribution in [1.82, 2.24) is 0 Å². The third-order valence-corrected chi connectivity index (χ3v) is 6.15. The highest BCUT2D eigenvalue weighted by Gasteiger charge is 2.21. The molecule has 0 saturated heterocycles. The van der Waals surface area contributed by atoms with Crippen molar-refractivity contribution in [2.24, 2.45) is 0 Å². The van der Waals surface area contributed by atoms with Gasteiger partial charge in [0, 0.05) is 32.8 Å². The molecule has 0 bridgehead atoms. The van der Waals surface area contributed by atoms with Crippen molar-refractivity contribution in [3.8, 4) is 33.9 Å². The predicted octanol–water partition coefficient (Wildman–Crippen LogP) is 6.47. The Morgan fingerprint density at radius 2 is 1.57 bits per heavy atom. The molecule has 0 aliphatic heterocycles. The monoisotopic (exact) mass is 412 g/mol. The molecule has 3 aromatic carbocycles. The van der Waals surface area contributed by atoms with Crippen LogP contribution in [-0.2, 0) is 0 Å². The van der Waals surface area contributed by atoms with Crippen LogP contribution in [0.5, 0.6) is 11.5 Å². The highest BCUT2D eigenvalue weighted by atomic mass is 32.1. The van der Waals surface area contributed by atoms with Gasteiger partial charge in [-0.3, -0.25) is 4.79 Å². The van der Waals surface area contributed by atoms with Crippen molar-refractivity contribution in [1.29, 1.82) is 0 Å². The van der Waals surface area contributed by atoms with E-state index in [-0.39, 0.29) is 17.3 Å². The quantitative estimate of drug-likeness (QED) is 0.332. The summed E-state index contributed by atoms with van der Waals surface area (Å²) in [6.07, 6.45) is 1.44. The van der Waals surface area contributed by atoms with Crippen molar-refractivity contribution < 1.29 is 19.4 Å². The summed E-state index contributed by atoms with van der Waals surface area (Å²) in [5, 5.41) is 20.7. The number of carbonyl (C=O) groups excluding carboxylic acids is 1. The molecule has 2 N–H and O–H groups in total. The van der Waals surface area contributed by atoms with Gasteiger partial charge in [-0.1, -0.05) is 54.6 Å². The molecule has 0 amide bonds. The van der Waals surface area contributed by atoms with Gasteiger partial charge in [-0.25, -0.2) is 0 Å². The second kappa shape index (κ2) is 7.21. The SMILES string of the molecule is O=C(c1ccccc1)c1sc2cc(O)ccc2c1-c1ccc(-c2occc2O)cc1. The molecule has 2 aromatic heterocycles. The van der Waals surface area contributed by atoms with E-state index in [2.05, 4.69) is 0 Å². The first-order valence-corrected chi connectivity index (χ1v) is 10.2. The highest BCUT2D eigenvalue weighted by Crippen LogP contribution is 2.42. The fourth-order valence-corrected chi connectivity index (χ4v) is 4.78. The molecule has 0 saturated carbocycles. The fourth-order valence-electron chi connectivity index (χ4n) is 3.56. The largest absolute Gasteiger partial charge is 0.508 e. The minimum Gasteiger partial charge on any atom is -0.508 e. The van der Waals surface area contributed by atoms with Crippen LogP contribution >= 0.6 is 11.3 Å². The Hall–Kier alpha value is -3.83. The van der Waals surface area contributed by atoms with E-state index in [1.807, 2.05) is 48.5 Å². The molecule has 4 nitrogen and oxygen atoms in total. The Kier molecular flexibility index (Phi) is 4.38. The lowest BCUT2D eigenvalue weighted by atomic mass is 9.97. The van der Waals surface area contributed by atoms with Gasteiger partial charge < -0.3 is 14.6 Å². The van der Waals surface area contributed by atoms with Crippen LogP contribution in [-0.4, -0.2) is 16.0 Å². The molecule has 2 heterocycles. The molecule has 0 fully saturated rings. The number of rotatable bonds is 4. The van der Waals surface area contributed by atoms with E-state index in [0.29, 0.717) is 16.2 Å². The fraction of sp³-hybridized carbons (Fsp3) is 0. The van der Waals surface area contributed by atoms with Crippen molar-refractivity contribution in [2.45, 2.75) is 0 Å². The van der Waals surface area contributed by atoms with Gasteiger partial charge in [-0.15, -0.1) is 11.3 Å². The first-order valence-electron chi connectivity index (χ1n) is 9.34. The van der Waals surface area contributed by atoms with E-state index in [9.17, 15) is 15.0 Å². The maximum Gasteiger partial charge on any atom is 0.203 e. The summed E-state index contributed by atoms with van der Waals surface area (Å²) in [5.74, 6) is 0.595. The number of hydrogen-bond donors (Lipinski definition) is 2. The van der Waals surface area contributed by atoms with E-state index in [1.165, 1.54) is 23.7 Å². The lowest BCUT2D eigenvalue weighted by Crippen LogP contribution is -2.00. The molecule has 5 rings (SSSR count). The Morgan fingerprint density at radius 1 is 0.833 bits per heavy atom. The lowest BCUT2D eigenvalue weighted by Gasteiger charge is -2.07. The van der Waals surface area contributed by atoms with Crippen LogP contribution in [0.2, 0.25) is 0 Å². The Bertz CT molecular complexity index is 1360. The van der Waals surface area contributed by atoms with Crippen LogP contribution < -0.4 is 0 Å². The van der Waals surface area contributed by atoms with Gasteiger partial charge in [0.25, 0.3) is 0 Å². The number of carbonyl (C=O) groups is 1. The van der Waals surface area contributed by atoms with Crippen LogP contribution in [0.15, 0.2) is 89.5 Å². The average molecular weight is 412 g/mol.